The summed E-state index contributed by atoms with van der Waals surface area (Å²) < 4.78 is 12.4. The number of ether oxygens (including phenoxy) is 2. The van der Waals surface area contributed by atoms with Crippen LogP contribution in [-0.4, -0.2) is 22.4 Å². The van der Waals surface area contributed by atoms with Gasteiger partial charge in [-0.25, -0.2) is 4.79 Å². The van der Waals surface area contributed by atoms with Crippen LogP contribution in [0, 0.1) is 6.92 Å². The highest BCUT2D eigenvalue weighted by Gasteiger charge is 2.17. The number of nitrogens with zero attached hydrogens (tertiary/aromatic N) is 2. The first kappa shape index (κ1) is 14.1. The van der Waals surface area contributed by atoms with Crippen molar-refractivity contribution in [3.05, 3.63) is 47.3 Å². The highest BCUT2D eigenvalue weighted by molar-refractivity contribution is 5.90. The Morgan fingerprint density at radius 1 is 1.35 bits per heavy atom. The molecule has 0 spiro atoms. The first-order valence-electron chi connectivity index (χ1n) is 6.50. The lowest BCUT2D eigenvalue weighted by Gasteiger charge is -2.10. The van der Waals surface area contributed by atoms with Crippen LogP contribution in [-0.2, 0) is 18.4 Å². The number of hydrogen-bond donors (Lipinski definition) is 0. The van der Waals surface area contributed by atoms with Crippen molar-refractivity contribution < 1.29 is 14.3 Å². The van der Waals surface area contributed by atoms with Crippen molar-refractivity contribution in [2.24, 2.45) is 7.05 Å². The lowest BCUT2D eigenvalue weighted by atomic mass is 10.2. The molecule has 0 aliphatic rings. The van der Waals surface area contributed by atoms with Crippen LogP contribution in [0.2, 0.25) is 0 Å². The number of carbonyl (C=O) groups is 1. The molecule has 0 amide bonds. The van der Waals surface area contributed by atoms with Gasteiger partial charge in [-0.1, -0.05) is 18.2 Å². The third-order valence-corrected chi connectivity index (χ3v) is 3.01. The van der Waals surface area contributed by atoms with Crippen LogP contribution in [0.3, 0.4) is 0 Å². The minimum atomic E-state index is -0.371. The second kappa shape index (κ2) is 6.23. The molecular weight excluding hydrogens is 256 g/mol. The van der Waals surface area contributed by atoms with Crippen LogP contribution in [0.4, 0.5) is 0 Å². The first-order chi connectivity index (χ1) is 9.63. The predicted octanol–water partition coefficient (Wildman–Crippen LogP) is 2.48. The third-order valence-electron chi connectivity index (χ3n) is 3.01. The van der Waals surface area contributed by atoms with E-state index >= 15 is 0 Å². The monoisotopic (exact) mass is 274 g/mol. The SMILES string of the molecule is CCOC(=O)c1cnn(C)c1COc1ccccc1C. The summed E-state index contributed by atoms with van der Waals surface area (Å²) >= 11 is 0. The number of hydrogen-bond acceptors (Lipinski definition) is 4. The molecule has 0 N–H and O–H groups in total. The molecule has 1 heterocycles. The lowest BCUT2D eigenvalue weighted by molar-refractivity contribution is 0.0523. The maximum atomic E-state index is 11.8. The summed E-state index contributed by atoms with van der Waals surface area (Å²) in [5.41, 5.74) is 2.20. The van der Waals surface area contributed by atoms with Gasteiger partial charge in [-0.05, 0) is 25.5 Å². The number of carbonyl (C=O) groups excluding carboxylic acids is 1. The standard InChI is InChI=1S/C15H18N2O3/c1-4-19-15(18)12-9-16-17(3)13(12)10-20-14-8-6-5-7-11(14)2/h5-9H,4,10H2,1-3H3. The largest absolute Gasteiger partial charge is 0.487 e. The van der Waals surface area contributed by atoms with E-state index in [2.05, 4.69) is 5.10 Å². The van der Waals surface area contributed by atoms with Crippen molar-refractivity contribution in [2.45, 2.75) is 20.5 Å². The van der Waals surface area contributed by atoms with Crippen molar-refractivity contribution >= 4 is 5.97 Å². The summed E-state index contributed by atoms with van der Waals surface area (Å²) in [5.74, 6) is 0.424. The predicted molar refractivity (Wildman–Crippen MR) is 74.7 cm³/mol. The van der Waals surface area contributed by atoms with E-state index in [9.17, 15) is 4.79 Å². The molecule has 5 heteroatoms. The van der Waals surface area contributed by atoms with Gasteiger partial charge in [-0.15, -0.1) is 0 Å². The molecule has 0 aliphatic heterocycles. The van der Waals surface area contributed by atoms with Gasteiger partial charge in [0.05, 0.1) is 18.5 Å². The number of rotatable bonds is 5. The average molecular weight is 274 g/mol. The molecule has 106 valence electrons. The zero-order valence-corrected chi connectivity index (χ0v) is 11.9. The molecule has 20 heavy (non-hydrogen) atoms. The average Bonchev–Trinajstić information content (AvgIpc) is 2.79. The van der Waals surface area contributed by atoms with Crippen molar-refractivity contribution in [3.8, 4) is 5.75 Å². The molecule has 0 saturated carbocycles. The van der Waals surface area contributed by atoms with Crippen LogP contribution in [0.5, 0.6) is 5.75 Å². The van der Waals surface area contributed by atoms with Crippen molar-refractivity contribution in [3.63, 3.8) is 0 Å². The lowest BCUT2D eigenvalue weighted by Crippen LogP contribution is -2.11. The molecule has 0 unspecified atom stereocenters. The zero-order valence-electron chi connectivity index (χ0n) is 11.9. The summed E-state index contributed by atoms with van der Waals surface area (Å²) in [6.45, 7) is 4.37. The Labute approximate surface area is 118 Å². The van der Waals surface area contributed by atoms with E-state index in [-0.39, 0.29) is 12.6 Å². The minimum absolute atomic E-state index is 0.273. The molecule has 5 nitrogen and oxygen atoms in total. The van der Waals surface area contributed by atoms with Crippen molar-refractivity contribution in [1.82, 2.24) is 9.78 Å². The number of benzene rings is 1. The van der Waals surface area contributed by atoms with Crippen LogP contribution in [0.25, 0.3) is 0 Å². The quantitative estimate of drug-likeness (QED) is 0.786. The van der Waals surface area contributed by atoms with Crippen LogP contribution in [0.1, 0.15) is 28.5 Å². The van der Waals surface area contributed by atoms with Crippen LogP contribution >= 0.6 is 0 Å². The van der Waals surface area contributed by atoms with Crippen LogP contribution < -0.4 is 4.74 Å². The van der Waals surface area contributed by atoms with E-state index in [1.165, 1.54) is 6.20 Å². The number of esters is 1. The molecule has 1 aromatic heterocycles. The summed E-state index contributed by atoms with van der Waals surface area (Å²) in [4.78, 5) is 11.8. The molecule has 1 aromatic carbocycles. The Kier molecular flexibility index (Phi) is 4.40. The molecule has 0 atom stereocenters. The summed E-state index contributed by atoms with van der Waals surface area (Å²) in [7, 11) is 1.78. The third kappa shape index (κ3) is 2.99. The molecule has 0 bridgehead atoms. The summed E-state index contributed by atoms with van der Waals surface area (Å²) in [6, 6.07) is 7.74. The molecule has 2 aromatic rings. The van der Waals surface area contributed by atoms with Gasteiger partial charge in [0.25, 0.3) is 0 Å². The first-order valence-corrected chi connectivity index (χ1v) is 6.50. The second-order valence-electron chi connectivity index (χ2n) is 4.40. The normalized spacial score (nSPS) is 10.3. The van der Waals surface area contributed by atoms with E-state index in [0.29, 0.717) is 17.9 Å². The van der Waals surface area contributed by atoms with Gasteiger partial charge in [0.2, 0.25) is 0 Å². The van der Waals surface area contributed by atoms with E-state index in [1.54, 1.807) is 18.7 Å². The number of aromatic nitrogens is 2. The summed E-state index contributed by atoms with van der Waals surface area (Å²) in [5, 5.41) is 4.09. The van der Waals surface area contributed by atoms with E-state index in [1.807, 2.05) is 31.2 Å². The molecule has 0 saturated heterocycles. The van der Waals surface area contributed by atoms with Gasteiger partial charge in [-0.3, -0.25) is 4.68 Å². The fourth-order valence-electron chi connectivity index (χ4n) is 1.88. The number of aryl methyl sites for hydroxylation is 2. The maximum Gasteiger partial charge on any atom is 0.341 e. The molecule has 0 fully saturated rings. The highest BCUT2D eigenvalue weighted by atomic mass is 16.5. The molecule has 2 rings (SSSR count). The van der Waals surface area contributed by atoms with Crippen LogP contribution in [0.15, 0.2) is 30.5 Å². The Balaban J connectivity index is 2.15. The Morgan fingerprint density at radius 2 is 2.10 bits per heavy atom. The zero-order chi connectivity index (χ0) is 14.5. The molecule has 0 aliphatic carbocycles. The smallest absolute Gasteiger partial charge is 0.341 e. The molecule has 0 radical (unpaired) electrons. The Hall–Kier alpha value is -2.30. The fraction of sp³-hybridized carbons (Fsp3) is 0.333. The van der Waals surface area contributed by atoms with Gasteiger partial charge < -0.3 is 9.47 Å². The second-order valence-corrected chi connectivity index (χ2v) is 4.40. The van der Waals surface area contributed by atoms with Gasteiger partial charge in [0.1, 0.15) is 17.9 Å². The van der Waals surface area contributed by atoms with Gasteiger partial charge in [-0.2, -0.15) is 5.10 Å². The van der Waals surface area contributed by atoms with E-state index in [4.69, 9.17) is 9.47 Å². The topological polar surface area (TPSA) is 53.3 Å². The van der Waals surface area contributed by atoms with Gasteiger partial charge in [0.15, 0.2) is 0 Å². The number of para-hydroxylation sites is 1. The van der Waals surface area contributed by atoms with Crippen molar-refractivity contribution in [1.29, 1.82) is 0 Å². The van der Waals surface area contributed by atoms with Gasteiger partial charge >= 0.3 is 5.97 Å². The fourth-order valence-corrected chi connectivity index (χ4v) is 1.88. The maximum absolute atomic E-state index is 11.8. The Bertz CT molecular complexity index is 605. The Morgan fingerprint density at radius 3 is 2.80 bits per heavy atom. The molecular formula is C15H18N2O3. The van der Waals surface area contributed by atoms with E-state index in [0.717, 1.165) is 11.3 Å². The highest BCUT2D eigenvalue weighted by Crippen LogP contribution is 2.19. The van der Waals surface area contributed by atoms with E-state index < -0.39 is 0 Å². The van der Waals surface area contributed by atoms with Gasteiger partial charge in [0, 0.05) is 7.05 Å². The van der Waals surface area contributed by atoms with Crippen molar-refractivity contribution in [2.75, 3.05) is 6.61 Å². The minimum Gasteiger partial charge on any atom is -0.487 e. The summed E-state index contributed by atoms with van der Waals surface area (Å²) in [6.07, 6.45) is 1.51.